The third-order valence-electron chi connectivity index (χ3n) is 4.47. The highest BCUT2D eigenvalue weighted by Crippen LogP contribution is 2.20. The molecule has 0 radical (unpaired) electrons. The van der Waals surface area contributed by atoms with Gasteiger partial charge in [-0.2, -0.15) is 4.31 Å². The van der Waals surface area contributed by atoms with Crippen LogP contribution in [0.25, 0.3) is 0 Å². The lowest BCUT2D eigenvalue weighted by Crippen LogP contribution is -2.34. The molecule has 1 atom stereocenters. The first-order valence-corrected chi connectivity index (χ1v) is 10.1. The van der Waals surface area contributed by atoms with Crippen LogP contribution in [0.1, 0.15) is 37.3 Å². The lowest BCUT2D eigenvalue weighted by Gasteiger charge is -2.17. The molecule has 6 heteroatoms. The Morgan fingerprint density at radius 1 is 1.08 bits per heavy atom. The summed E-state index contributed by atoms with van der Waals surface area (Å²) in [4.78, 5) is 12.4. The van der Waals surface area contributed by atoms with Gasteiger partial charge in [-0.25, -0.2) is 8.42 Å². The number of carbonyl (C=O) groups excluding carboxylic acids is 1. The van der Waals surface area contributed by atoms with Gasteiger partial charge >= 0.3 is 0 Å². The molecule has 0 saturated heterocycles. The standard InChI is InChI=1S/C20H26N2O3S/c1-5-16(3)17-8-10-18(11-9-17)21-20(23)14-22(4)26(24,25)19-12-6-15(2)7-13-19/h6-13,16H,5,14H2,1-4H3,(H,21,23). The van der Waals surface area contributed by atoms with Crippen molar-refractivity contribution in [3.05, 3.63) is 59.7 Å². The first-order valence-electron chi connectivity index (χ1n) is 8.67. The fraction of sp³-hybridized carbons (Fsp3) is 0.350. The Morgan fingerprint density at radius 2 is 1.65 bits per heavy atom. The first-order chi connectivity index (χ1) is 12.2. The van der Waals surface area contributed by atoms with Gasteiger partial charge in [-0.3, -0.25) is 4.79 Å². The van der Waals surface area contributed by atoms with E-state index < -0.39 is 10.0 Å². The van der Waals surface area contributed by atoms with Crippen molar-refractivity contribution >= 4 is 21.6 Å². The number of nitrogens with zero attached hydrogens (tertiary/aromatic N) is 1. The van der Waals surface area contributed by atoms with Crippen LogP contribution in [-0.4, -0.2) is 32.2 Å². The molecule has 2 aromatic carbocycles. The highest BCUT2D eigenvalue weighted by atomic mass is 32.2. The average Bonchev–Trinajstić information content (AvgIpc) is 2.61. The van der Waals surface area contributed by atoms with E-state index in [1.807, 2.05) is 31.2 Å². The number of likely N-dealkylation sites (N-methyl/N-ethyl adjacent to an activating group) is 1. The molecule has 1 unspecified atom stereocenters. The second-order valence-corrected chi connectivity index (χ2v) is 8.60. The van der Waals surface area contributed by atoms with Crippen molar-refractivity contribution in [3.63, 3.8) is 0 Å². The summed E-state index contributed by atoms with van der Waals surface area (Å²) in [7, 11) is -2.29. The van der Waals surface area contributed by atoms with E-state index in [0.29, 0.717) is 11.6 Å². The van der Waals surface area contributed by atoms with Gasteiger partial charge in [-0.15, -0.1) is 0 Å². The Balaban J connectivity index is 2.01. The van der Waals surface area contributed by atoms with Crippen LogP contribution in [0.5, 0.6) is 0 Å². The average molecular weight is 375 g/mol. The van der Waals surface area contributed by atoms with Crippen molar-refractivity contribution < 1.29 is 13.2 Å². The SMILES string of the molecule is CCC(C)c1ccc(NC(=O)CN(C)S(=O)(=O)c2ccc(C)cc2)cc1. The Kier molecular flexibility index (Phi) is 6.56. The van der Waals surface area contributed by atoms with Gasteiger partial charge in [0.25, 0.3) is 0 Å². The maximum atomic E-state index is 12.5. The molecule has 1 amide bonds. The number of anilines is 1. The summed E-state index contributed by atoms with van der Waals surface area (Å²) < 4.78 is 26.1. The van der Waals surface area contributed by atoms with Crippen molar-refractivity contribution in [1.29, 1.82) is 0 Å². The molecule has 0 aliphatic carbocycles. The number of benzene rings is 2. The molecule has 2 rings (SSSR count). The van der Waals surface area contributed by atoms with Crippen LogP contribution >= 0.6 is 0 Å². The quantitative estimate of drug-likeness (QED) is 0.802. The van der Waals surface area contributed by atoms with Crippen molar-refractivity contribution in [2.24, 2.45) is 0 Å². The molecule has 5 nitrogen and oxygen atoms in total. The number of hydrogen-bond acceptors (Lipinski definition) is 3. The predicted molar refractivity (Wildman–Crippen MR) is 105 cm³/mol. The number of sulfonamides is 1. The van der Waals surface area contributed by atoms with E-state index in [1.165, 1.54) is 12.6 Å². The second-order valence-electron chi connectivity index (χ2n) is 6.55. The highest BCUT2D eigenvalue weighted by Gasteiger charge is 2.22. The number of hydrogen-bond donors (Lipinski definition) is 1. The van der Waals surface area contributed by atoms with E-state index in [2.05, 4.69) is 19.2 Å². The normalized spacial score (nSPS) is 12.8. The number of amides is 1. The third kappa shape index (κ3) is 4.93. The molecule has 0 aliphatic rings. The molecule has 2 aromatic rings. The predicted octanol–water partition coefficient (Wildman–Crippen LogP) is 3.77. The van der Waals surface area contributed by atoms with Crippen molar-refractivity contribution in [2.75, 3.05) is 18.9 Å². The highest BCUT2D eigenvalue weighted by molar-refractivity contribution is 7.89. The summed E-state index contributed by atoms with van der Waals surface area (Å²) in [6.45, 7) is 5.92. The molecule has 0 bridgehead atoms. The molecule has 0 fully saturated rings. The van der Waals surface area contributed by atoms with Crippen LogP contribution in [0.4, 0.5) is 5.69 Å². The minimum atomic E-state index is -3.69. The monoisotopic (exact) mass is 374 g/mol. The van der Waals surface area contributed by atoms with E-state index in [1.54, 1.807) is 24.3 Å². The van der Waals surface area contributed by atoms with Gasteiger partial charge in [-0.1, -0.05) is 43.7 Å². The van der Waals surface area contributed by atoms with Crippen molar-refractivity contribution in [2.45, 2.75) is 38.0 Å². The zero-order valence-electron chi connectivity index (χ0n) is 15.7. The molecular formula is C20H26N2O3S. The van der Waals surface area contributed by atoms with E-state index in [9.17, 15) is 13.2 Å². The van der Waals surface area contributed by atoms with Gasteiger partial charge in [-0.05, 0) is 49.1 Å². The minimum Gasteiger partial charge on any atom is -0.325 e. The molecule has 26 heavy (non-hydrogen) atoms. The number of carbonyl (C=O) groups is 1. The van der Waals surface area contributed by atoms with Gasteiger partial charge in [0.05, 0.1) is 11.4 Å². The van der Waals surface area contributed by atoms with E-state index in [4.69, 9.17) is 0 Å². The van der Waals surface area contributed by atoms with Crippen LogP contribution < -0.4 is 5.32 Å². The smallest absolute Gasteiger partial charge is 0.243 e. The van der Waals surface area contributed by atoms with Crippen LogP contribution in [0.3, 0.4) is 0 Å². The molecule has 140 valence electrons. The largest absolute Gasteiger partial charge is 0.325 e. The summed E-state index contributed by atoms with van der Waals surface area (Å²) >= 11 is 0. The summed E-state index contributed by atoms with van der Waals surface area (Å²) in [6.07, 6.45) is 1.05. The Morgan fingerprint density at radius 3 is 2.19 bits per heavy atom. The number of rotatable bonds is 7. The van der Waals surface area contributed by atoms with Crippen molar-refractivity contribution in [1.82, 2.24) is 4.31 Å². The zero-order valence-corrected chi connectivity index (χ0v) is 16.5. The van der Waals surface area contributed by atoms with Gasteiger partial charge in [0.1, 0.15) is 0 Å². The van der Waals surface area contributed by atoms with Crippen LogP contribution in [-0.2, 0) is 14.8 Å². The third-order valence-corrected chi connectivity index (χ3v) is 6.29. The molecular weight excluding hydrogens is 348 g/mol. The van der Waals surface area contributed by atoms with Crippen LogP contribution in [0.2, 0.25) is 0 Å². The van der Waals surface area contributed by atoms with Gasteiger partial charge in [0.15, 0.2) is 0 Å². The summed E-state index contributed by atoms with van der Waals surface area (Å²) in [5.41, 5.74) is 2.85. The maximum absolute atomic E-state index is 12.5. The summed E-state index contributed by atoms with van der Waals surface area (Å²) in [6, 6.07) is 14.2. The van der Waals surface area contributed by atoms with E-state index in [0.717, 1.165) is 16.3 Å². The molecule has 0 aliphatic heterocycles. The number of aryl methyl sites for hydroxylation is 1. The summed E-state index contributed by atoms with van der Waals surface area (Å²) in [5.74, 6) is 0.0880. The van der Waals surface area contributed by atoms with E-state index >= 15 is 0 Å². The lowest BCUT2D eigenvalue weighted by atomic mass is 9.99. The topological polar surface area (TPSA) is 66.5 Å². The molecule has 1 N–H and O–H groups in total. The van der Waals surface area contributed by atoms with Gasteiger partial charge in [0.2, 0.25) is 15.9 Å². The Labute approximate surface area is 156 Å². The maximum Gasteiger partial charge on any atom is 0.243 e. The van der Waals surface area contributed by atoms with Crippen LogP contribution in [0.15, 0.2) is 53.4 Å². The number of nitrogens with one attached hydrogen (secondary N) is 1. The molecule has 0 saturated carbocycles. The van der Waals surface area contributed by atoms with E-state index in [-0.39, 0.29) is 17.3 Å². The molecule has 0 heterocycles. The Hall–Kier alpha value is -2.18. The minimum absolute atomic E-state index is 0.177. The second kappa shape index (κ2) is 8.47. The first kappa shape index (κ1) is 20.1. The Bertz CT molecular complexity index is 844. The van der Waals surface area contributed by atoms with Gasteiger partial charge < -0.3 is 5.32 Å². The fourth-order valence-corrected chi connectivity index (χ4v) is 3.64. The van der Waals surface area contributed by atoms with Crippen LogP contribution in [0, 0.1) is 6.92 Å². The van der Waals surface area contributed by atoms with Crippen molar-refractivity contribution in [3.8, 4) is 0 Å². The zero-order chi connectivity index (χ0) is 19.3. The summed E-state index contributed by atoms with van der Waals surface area (Å²) in [5, 5.41) is 2.74. The lowest BCUT2D eigenvalue weighted by molar-refractivity contribution is -0.116. The fourth-order valence-electron chi connectivity index (χ4n) is 2.51. The molecule has 0 aromatic heterocycles. The molecule has 0 spiro atoms. The van der Waals surface area contributed by atoms with Gasteiger partial charge in [0, 0.05) is 12.7 Å².